The zero-order valence-electron chi connectivity index (χ0n) is 13.4. The van der Waals surface area contributed by atoms with E-state index < -0.39 is 0 Å². The molecule has 0 N–H and O–H groups in total. The summed E-state index contributed by atoms with van der Waals surface area (Å²) in [5, 5.41) is 0. The zero-order chi connectivity index (χ0) is 15.9. The van der Waals surface area contributed by atoms with E-state index in [2.05, 4.69) is 4.90 Å². The van der Waals surface area contributed by atoms with E-state index in [1.807, 2.05) is 48.5 Å². The molecule has 1 saturated heterocycles. The van der Waals surface area contributed by atoms with E-state index >= 15 is 0 Å². The highest BCUT2D eigenvalue weighted by molar-refractivity contribution is 5.87. The summed E-state index contributed by atoms with van der Waals surface area (Å²) in [7, 11) is 0. The molecule has 2 aromatic rings. The summed E-state index contributed by atoms with van der Waals surface area (Å²) in [4.78, 5) is 13.7. The summed E-state index contributed by atoms with van der Waals surface area (Å²) in [6.45, 7) is 4.07. The number of carbonyl (C=O) groups excluding carboxylic acids is 1. The first-order valence-electron chi connectivity index (χ1n) is 8.36. The molecule has 3 rings (SSSR count). The first-order chi connectivity index (χ1) is 11.4. The van der Waals surface area contributed by atoms with Crippen LogP contribution in [0.3, 0.4) is 0 Å². The number of hydrogen-bond acceptors (Lipinski definition) is 3. The van der Waals surface area contributed by atoms with Crippen LogP contribution >= 0.6 is 0 Å². The number of rotatable bonds is 6. The fourth-order valence-corrected chi connectivity index (χ4v) is 3.09. The van der Waals surface area contributed by atoms with Crippen LogP contribution in [0.4, 0.5) is 0 Å². The number of hydrogen-bond donors (Lipinski definition) is 0. The third-order valence-corrected chi connectivity index (χ3v) is 4.36. The Morgan fingerprint density at radius 2 is 1.83 bits per heavy atom. The lowest BCUT2D eigenvalue weighted by Gasteiger charge is -2.26. The minimum atomic E-state index is 0.706. The number of nitrogens with zero attached hydrogens (tertiary/aromatic N) is 1. The summed E-state index contributed by atoms with van der Waals surface area (Å²) in [6.07, 6.45) is 4.87. The first kappa shape index (κ1) is 15.8. The van der Waals surface area contributed by atoms with Gasteiger partial charge in [0.1, 0.15) is 12.4 Å². The van der Waals surface area contributed by atoms with Gasteiger partial charge in [-0.3, -0.25) is 9.69 Å². The Morgan fingerprint density at radius 3 is 2.65 bits per heavy atom. The van der Waals surface area contributed by atoms with Crippen LogP contribution in [0.1, 0.15) is 29.6 Å². The van der Waals surface area contributed by atoms with Crippen LogP contribution in [-0.2, 0) is 0 Å². The second kappa shape index (κ2) is 7.93. The Balaban J connectivity index is 1.64. The summed E-state index contributed by atoms with van der Waals surface area (Å²) in [5.74, 6) is 0.861. The van der Waals surface area contributed by atoms with Crippen molar-refractivity contribution in [3.8, 4) is 16.9 Å². The molecule has 1 fully saturated rings. The maximum Gasteiger partial charge on any atom is 0.150 e. The maximum atomic E-state index is 11.2. The SMILES string of the molecule is O=Cc1ccccc1-c1cccc(OCCN2CCCCC2)c1. The van der Waals surface area contributed by atoms with Gasteiger partial charge < -0.3 is 4.74 Å². The van der Waals surface area contributed by atoms with Gasteiger partial charge in [-0.15, -0.1) is 0 Å². The van der Waals surface area contributed by atoms with Crippen LogP contribution in [0, 0.1) is 0 Å². The molecule has 1 heterocycles. The molecular weight excluding hydrogens is 286 g/mol. The minimum absolute atomic E-state index is 0.706. The highest BCUT2D eigenvalue weighted by Gasteiger charge is 2.10. The molecule has 0 aromatic heterocycles. The van der Waals surface area contributed by atoms with Crippen LogP contribution in [0.5, 0.6) is 5.75 Å². The monoisotopic (exact) mass is 309 g/mol. The van der Waals surface area contributed by atoms with E-state index in [0.29, 0.717) is 12.2 Å². The van der Waals surface area contributed by atoms with Crippen molar-refractivity contribution in [1.82, 2.24) is 4.90 Å². The van der Waals surface area contributed by atoms with Crippen molar-refractivity contribution in [2.24, 2.45) is 0 Å². The molecule has 3 heteroatoms. The van der Waals surface area contributed by atoms with Gasteiger partial charge in [0, 0.05) is 12.1 Å². The third-order valence-electron chi connectivity index (χ3n) is 4.36. The van der Waals surface area contributed by atoms with Gasteiger partial charge in [-0.1, -0.05) is 42.8 Å². The number of carbonyl (C=O) groups is 1. The lowest BCUT2D eigenvalue weighted by Crippen LogP contribution is -2.33. The van der Waals surface area contributed by atoms with E-state index in [1.54, 1.807) is 0 Å². The molecule has 0 aliphatic carbocycles. The van der Waals surface area contributed by atoms with Crippen LogP contribution in [-0.4, -0.2) is 37.4 Å². The van der Waals surface area contributed by atoms with Gasteiger partial charge in [0.2, 0.25) is 0 Å². The van der Waals surface area contributed by atoms with Gasteiger partial charge in [-0.25, -0.2) is 0 Å². The van der Waals surface area contributed by atoms with Gasteiger partial charge in [-0.2, -0.15) is 0 Å². The molecule has 1 aliphatic heterocycles. The Hall–Kier alpha value is -2.13. The molecule has 120 valence electrons. The molecule has 0 amide bonds. The van der Waals surface area contributed by atoms with Gasteiger partial charge >= 0.3 is 0 Å². The summed E-state index contributed by atoms with van der Waals surface area (Å²) >= 11 is 0. The summed E-state index contributed by atoms with van der Waals surface area (Å²) < 4.78 is 5.91. The van der Waals surface area contributed by atoms with Crippen LogP contribution < -0.4 is 4.74 Å². The number of piperidine rings is 1. The van der Waals surface area contributed by atoms with Crippen molar-refractivity contribution in [2.75, 3.05) is 26.2 Å². The summed E-state index contributed by atoms with van der Waals surface area (Å²) in [5.41, 5.74) is 2.67. The zero-order valence-corrected chi connectivity index (χ0v) is 13.4. The molecule has 2 aromatic carbocycles. The Morgan fingerprint density at radius 1 is 1.00 bits per heavy atom. The molecular formula is C20H23NO2. The fourth-order valence-electron chi connectivity index (χ4n) is 3.09. The highest BCUT2D eigenvalue weighted by Crippen LogP contribution is 2.26. The van der Waals surface area contributed by atoms with Crippen molar-refractivity contribution in [3.63, 3.8) is 0 Å². The minimum Gasteiger partial charge on any atom is -0.492 e. The topological polar surface area (TPSA) is 29.5 Å². The number of ether oxygens (including phenoxy) is 1. The Labute approximate surface area is 137 Å². The lowest BCUT2D eigenvalue weighted by atomic mass is 10.0. The average Bonchev–Trinajstić information content (AvgIpc) is 2.63. The second-order valence-electron chi connectivity index (χ2n) is 5.98. The maximum absolute atomic E-state index is 11.2. The predicted octanol–water partition coefficient (Wildman–Crippen LogP) is 4.03. The van der Waals surface area contributed by atoms with Crippen molar-refractivity contribution in [3.05, 3.63) is 54.1 Å². The Kier molecular flexibility index (Phi) is 5.43. The predicted molar refractivity (Wildman–Crippen MR) is 93.1 cm³/mol. The van der Waals surface area contributed by atoms with E-state index in [0.717, 1.165) is 29.7 Å². The van der Waals surface area contributed by atoms with E-state index in [9.17, 15) is 4.79 Å². The van der Waals surface area contributed by atoms with Crippen molar-refractivity contribution in [2.45, 2.75) is 19.3 Å². The highest BCUT2D eigenvalue weighted by atomic mass is 16.5. The van der Waals surface area contributed by atoms with Gasteiger partial charge in [0.05, 0.1) is 0 Å². The number of likely N-dealkylation sites (tertiary alicyclic amines) is 1. The van der Waals surface area contributed by atoms with Crippen molar-refractivity contribution in [1.29, 1.82) is 0 Å². The smallest absolute Gasteiger partial charge is 0.150 e. The molecule has 0 atom stereocenters. The quantitative estimate of drug-likeness (QED) is 0.755. The fraction of sp³-hybridized carbons (Fsp3) is 0.350. The standard InChI is InChI=1S/C20H23NO2/c22-16-18-7-2-3-10-20(18)17-8-6-9-19(15-17)23-14-13-21-11-4-1-5-12-21/h2-3,6-10,15-16H,1,4-5,11-14H2. The van der Waals surface area contributed by atoms with Gasteiger partial charge in [0.25, 0.3) is 0 Å². The molecule has 0 radical (unpaired) electrons. The van der Waals surface area contributed by atoms with Gasteiger partial charge in [0.15, 0.2) is 6.29 Å². The largest absolute Gasteiger partial charge is 0.492 e. The Bertz CT molecular complexity index is 648. The molecule has 0 bridgehead atoms. The summed E-state index contributed by atoms with van der Waals surface area (Å²) in [6, 6.07) is 15.6. The van der Waals surface area contributed by atoms with Crippen LogP contribution in [0.25, 0.3) is 11.1 Å². The van der Waals surface area contributed by atoms with E-state index in [-0.39, 0.29) is 0 Å². The van der Waals surface area contributed by atoms with Gasteiger partial charge in [-0.05, 0) is 49.2 Å². The van der Waals surface area contributed by atoms with E-state index in [4.69, 9.17) is 4.74 Å². The van der Waals surface area contributed by atoms with Crippen molar-refractivity contribution >= 4 is 6.29 Å². The molecule has 1 aliphatic rings. The average molecular weight is 309 g/mol. The second-order valence-corrected chi connectivity index (χ2v) is 5.98. The van der Waals surface area contributed by atoms with Crippen LogP contribution in [0.15, 0.2) is 48.5 Å². The third kappa shape index (κ3) is 4.20. The molecule has 0 saturated carbocycles. The molecule has 23 heavy (non-hydrogen) atoms. The lowest BCUT2D eigenvalue weighted by molar-refractivity contribution is 0.112. The van der Waals surface area contributed by atoms with E-state index in [1.165, 1.54) is 32.4 Å². The first-order valence-corrected chi connectivity index (χ1v) is 8.36. The number of benzene rings is 2. The molecule has 3 nitrogen and oxygen atoms in total. The van der Waals surface area contributed by atoms with Crippen molar-refractivity contribution < 1.29 is 9.53 Å². The molecule has 0 unspecified atom stereocenters. The molecule has 0 spiro atoms. The number of aldehydes is 1. The normalized spacial score (nSPS) is 15.3. The van der Waals surface area contributed by atoms with Crippen LogP contribution in [0.2, 0.25) is 0 Å².